The topological polar surface area (TPSA) is 159 Å². The molecule has 3 aromatic rings. The number of aromatic nitrogens is 3. The predicted molar refractivity (Wildman–Crippen MR) is 130 cm³/mol. The van der Waals surface area contributed by atoms with Crippen molar-refractivity contribution in [2.24, 2.45) is 0 Å². The van der Waals surface area contributed by atoms with Crippen LogP contribution in [0.2, 0.25) is 0 Å². The Balaban J connectivity index is 1.85. The molecule has 1 aromatic carbocycles. The van der Waals surface area contributed by atoms with Gasteiger partial charge in [0.1, 0.15) is 12.4 Å². The summed E-state index contributed by atoms with van der Waals surface area (Å²) in [4.78, 5) is 65.0. The molecule has 0 bridgehead atoms. The first-order valence-corrected chi connectivity index (χ1v) is 11.4. The summed E-state index contributed by atoms with van der Waals surface area (Å²) in [5, 5.41) is 1.60. The van der Waals surface area contributed by atoms with Gasteiger partial charge >= 0.3 is 16.5 Å². The van der Waals surface area contributed by atoms with Gasteiger partial charge in [0, 0.05) is 24.7 Å². The third-order valence-corrected chi connectivity index (χ3v) is 5.99. The number of aromatic amines is 1. The summed E-state index contributed by atoms with van der Waals surface area (Å²) in [6.07, 6.45) is 0. The van der Waals surface area contributed by atoms with Crippen molar-refractivity contribution < 1.29 is 19.1 Å². The maximum absolute atomic E-state index is 13.0. The maximum Gasteiger partial charge on any atom is 0.330 e. The second-order valence-corrected chi connectivity index (χ2v) is 8.31. The number of hydrogen-bond donors (Lipinski definition) is 2. The summed E-state index contributed by atoms with van der Waals surface area (Å²) in [6, 6.07) is 8.96. The molecule has 13 heteroatoms. The van der Waals surface area contributed by atoms with E-state index in [0.29, 0.717) is 5.69 Å². The highest BCUT2D eigenvalue weighted by Crippen LogP contribution is 2.18. The number of carbonyl (C=O) groups is 2. The van der Waals surface area contributed by atoms with Crippen LogP contribution in [0.5, 0.6) is 0 Å². The number of anilines is 2. The molecule has 2 aromatic heterocycles. The highest BCUT2D eigenvalue weighted by Gasteiger charge is 2.25. The van der Waals surface area contributed by atoms with Crippen molar-refractivity contribution in [1.82, 2.24) is 14.1 Å². The number of nitrogens with two attached hydrogens (primary N) is 1. The summed E-state index contributed by atoms with van der Waals surface area (Å²) >= 11 is 0.945. The Kier molecular flexibility index (Phi) is 8.39. The first kappa shape index (κ1) is 25.6. The monoisotopic (exact) mass is 503 g/mol. The van der Waals surface area contributed by atoms with Crippen LogP contribution in [0.1, 0.15) is 11.3 Å². The number of nitrogen functional groups attached to an aromatic ring is 1. The molecule has 0 atom stereocenters. The molecule has 12 nitrogen and oxygen atoms in total. The molecular formula is C22H25N5O7S. The summed E-state index contributed by atoms with van der Waals surface area (Å²) in [7, 11) is 1.41. The van der Waals surface area contributed by atoms with E-state index < -0.39 is 29.7 Å². The molecule has 0 spiro atoms. The average molecular weight is 504 g/mol. The smallest absolute Gasteiger partial charge is 0.330 e. The van der Waals surface area contributed by atoms with Crippen molar-refractivity contribution >= 4 is 34.7 Å². The van der Waals surface area contributed by atoms with E-state index in [2.05, 4.69) is 4.98 Å². The Bertz CT molecular complexity index is 1370. The van der Waals surface area contributed by atoms with E-state index in [-0.39, 0.29) is 42.6 Å². The minimum Gasteiger partial charge on any atom is -0.454 e. The van der Waals surface area contributed by atoms with Crippen molar-refractivity contribution in [3.05, 3.63) is 77.5 Å². The van der Waals surface area contributed by atoms with E-state index >= 15 is 0 Å². The Morgan fingerprint density at radius 3 is 2.49 bits per heavy atom. The zero-order valence-corrected chi connectivity index (χ0v) is 20.0. The van der Waals surface area contributed by atoms with E-state index in [1.165, 1.54) is 11.7 Å². The number of benzene rings is 1. The van der Waals surface area contributed by atoms with Gasteiger partial charge in [0.05, 0.1) is 13.2 Å². The standard InChI is InChI=1S/C22H25N5O7S/c1-14-13-35-22(32)26(14)11-17(29)34-12-16(28)25(8-9-33-2)18-19(23)27(21(31)24-20(18)30)10-15-6-4-3-5-7-15/h3-7,13H,8-12,23H2,1-2H3,(H,24,30,31). The first-order valence-electron chi connectivity index (χ1n) is 10.5. The van der Waals surface area contributed by atoms with Crippen LogP contribution in [-0.2, 0) is 32.2 Å². The highest BCUT2D eigenvalue weighted by atomic mass is 32.1. The first-order chi connectivity index (χ1) is 16.7. The minimum absolute atomic E-state index is 0.0415. The highest BCUT2D eigenvalue weighted by molar-refractivity contribution is 7.07. The van der Waals surface area contributed by atoms with Gasteiger partial charge in [0.25, 0.3) is 11.5 Å². The van der Waals surface area contributed by atoms with E-state index in [1.807, 2.05) is 6.07 Å². The number of thiazole rings is 1. The fourth-order valence-electron chi connectivity index (χ4n) is 3.30. The van der Waals surface area contributed by atoms with E-state index in [1.54, 1.807) is 36.6 Å². The second kappa shape index (κ2) is 11.4. The quantitative estimate of drug-likeness (QED) is 0.364. The lowest BCUT2D eigenvalue weighted by Gasteiger charge is -2.24. The molecular weight excluding hydrogens is 478 g/mol. The van der Waals surface area contributed by atoms with Gasteiger partial charge in [-0.2, -0.15) is 0 Å². The predicted octanol–water partition coefficient (Wildman–Crippen LogP) is -0.0785. The van der Waals surface area contributed by atoms with Crippen molar-refractivity contribution in [2.75, 3.05) is 37.5 Å². The summed E-state index contributed by atoms with van der Waals surface area (Å²) < 4.78 is 12.4. The van der Waals surface area contributed by atoms with Crippen LogP contribution in [-0.4, -0.2) is 52.9 Å². The van der Waals surface area contributed by atoms with Crippen LogP contribution < -0.4 is 26.8 Å². The van der Waals surface area contributed by atoms with Gasteiger partial charge in [-0.25, -0.2) is 4.79 Å². The van der Waals surface area contributed by atoms with Crippen molar-refractivity contribution in [2.45, 2.75) is 20.0 Å². The molecule has 35 heavy (non-hydrogen) atoms. The molecule has 0 unspecified atom stereocenters. The Morgan fingerprint density at radius 1 is 1.14 bits per heavy atom. The molecule has 3 rings (SSSR count). The molecule has 0 saturated carbocycles. The lowest BCUT2D eigenvalue weighted by Crippen LogP contribution is -2.44. The number of nitrogens with one attached hydrogen (secondary N) is 1. The SMILES string of the molecule is COCCN(C(=O)COC(=O)Cn1c(C)csc1=O)c1c(N)n(Cc2ccccc2)c(=O)[nH]c1=O. The number of amides is 1. The Hall–Kier alpha value is -3.97. The molecule has 3 N–H and O–H groups in total. The van der Waals surface area contributed by atoms with Crippen LogP contribution in [0, 0.1) is 6.92 Å². The lowest BCUT2D eigenvalue weighted by atomic mass is 10.2. The van der Waals surface area contributed by atoms with E-state index in [9.17, 15) is 24.0 Å². The molecule has 1 amide bonds. The van der Waals surface area contributed by atoms with E-state index in [4.69, 9.17) is 15.2 Å². The largest absolute Gasteiger partial charge is 0.454 e. The van der Waals surface area contributed by atoms with Crippen LogP contribution >= 0.6 is 11.3 Å². The Labute approximate surface area is 203 Å². The van der Waals surface area contributed by atoms with Crippen LogP contribution in [0.25, 0.3) is 0 Å². The van der Waals surface area contributed by atoms with Gasteiger partial charge in [-0.15, -0.1) is 0 Å². The molecule has 0 aliphatic heterocycles. The van der Waals surface area contributed by atoms with Crippen molar-refractivity contribution in [3.8, 4) is 0 Å². The number of rotatable bonds is 10. The van der Waals surface area contributed by atoms with Crippen molar-refractivity contribution in [3.63, 3.8) is 0 Å². The zero-order valence-electron chi connectivity index (χ0n) is 19.2. The normalized spacial score (nSPS) is 10.8. The van der Waals surface area contributed by atoms with Crippen LogP contribution in [0.4, 0.5) is 11.5 Å². The fourth-order valence-corrected chi connectivity index (χ4v) is 4.03. The van der Waals surface area contributed by atoms with Crippen LogP contribution in [0.3, 0.4) is 0 Å². The van der Waals surface area contributed by atoms with Gasteiger partial charge in [-0.1, -0.05) is 41.7 Å². The molecule has 186 valence electrons. The third kappa shape index (κ3) is 6.13. The van der Waals surface area contributed by atoms with Gasteiger partial charge in [0.2, 0.25) is 0 Å². The number of nitrogens with zero attached hydrogens (tertiary/aromatic N) is 3. The van der Waals surface area contributed by atoms with Gasteiger partial charge in [0.15, 0.2) is 12.3 Å². The molecule has 2 heterocycles. The Morgan fingerprint density at radius 2 is 1.86 bits per heavy atom. The summed E-state index contributed by atoms with van der Waals surface area (Å²) in [5.41, 5.74) is 5.66. The number of H-pyrrole nitrogens is 1. The number of aryl methyl sites for hydroxylation is 1. The average Bonchev–Trinajstić information content (AvgIpc) is 3.14. The van der Waals surface area contributed by atoms with Crippen molar-refractivity contribution in [1.29, 1.82) is 0 Å². The number of carbonyl (C=O) groups excluding carboxylic acids is 2. The lowest BCUT2D eigenvalue weighted by molar-refractivity contribution is -0.148. The van der Waals surface area contributed by atoms with Gasteiger partial charge in [-0.3, -0.25) is 38.2 Å². The zero-order chi connectivity index (χ0) is 25.5. The second-order valence-electron chi connectivity index (χ2n) is 7.49. The van der Waals surface area contributed by atoms with E-state index in [0.717, 1.165) is 26.4 Å². The molecule has 0 fully saturated rings. The minimum atomic E-state index is -0.868. The molecule has 0 aliphatic carbocycles. The molecule has 0 saturated heterocycles. The number of ether oxygens (including phenoxy) is 2. The molecule has 0 radical (unpaired) electrons. The van der Waals surface area contributed by atoms with Gasteiger partial charge < -0.3 is 15.2 Å². The third-order valence-electron chi connectivity index (χ3n) is 5.11. The number of hydrogen-bond acceptors (Lipinski definition) is 9. The number of methoxy groups -OCH3 is 1. The van der Waals surface area contributed by atoms with Crippen LogP contribution in [0.15, 0.2) is 50.1 Å². The summed E-state index contributed by atoms with van der Waals surface area (Å²) in [5.74, 6) is -1.78. The molecule has 0 aliphatic rings. The summed E-state index contributed by atoms with van der Waals surface area (Å²) in [6.45, 7) is 0.613. The van der Waals surface area contributed by atoms with Gasteiger partial charge in [-0.05, 0) is 12.5 Å². The fraction of sp³-hybridized carbons (Fsp3) is 0.318. The maximum atomic E-state index is 13.0. The number of esters is 1.